The second-order valence-corrected chi connectivity index (χ2v) is 7.44. The molecule has 1 atom stereocenters. The van der Waals surface area contributed by atoms with E-state index in [0.717, 1.165) is 23.4 Å². The lowest BCUT2D eigenvalue weighted by Crippen LogP contribution is -2.43. The molecule has 3 rings (SSSR count). The van der Waals surface area contributed by atoms with Gasteiger partial charge in [-0.1, -0.05) is 12.1 Å². The number of hydrogen-bond acceptors (Lipinski definition) is 4. The van der Waals surface area contributed by atoms with Crippen LogP contribution in [0.5, 0.6) is 0 Å². The first-order chi connectivity index (χ1) is 14.3. The zero-order valence-corrected chi connectivity index (χ0v) is 17.1. The van der Waals surface area contributed by atoms with Crippen molar-refractivity contribution in [2.24, 2.45) is 0 Å². The lowest BCUT2D eigenvalue weighted by atomic mass is 10.0. The SMILES string of the molecule is CN(C)c1ccc(C(=O)NCC(c2ccc(C(F)(F)F)cc2)N2CCOCC2)cc1. The minimum atomic E-state index is -4.38. The quantitative estimate of drug-likeness (QED) is 0.775. The van der Waals surface area contributed by atoms with Crippen LogP contribution in [0.3, 0.4) is 0 Å². The molecule has 1 saturated heterocycles. The smallest absolute Gasteiger partial charge is 0.379 e. The lowest BCUT2D eigenvalue weighted by Gasteiger charge is -2.35. The van der Waals surface area contributed by atoms with Crippen molar-refractivity contribution >= 4 is 11.6 Å². The highest BCUT2D eigenvalue weighted by molar-refractivity contribution is 5.94. The number of halogens is 3. The Morgan fingerprint density at radius 2 is 1.67 bits per heavy atom. The van der Waals surface area contributed by atoms with E-state index < -0.39 is 11.7 Å². The molecular formula is C22H26F3N3O2. The van der Waals surface area contributed by atoms with Gasteiger partial charge in [-0.05, 0) is 42.0 Å². The summed E-state index contributed by atoms with van der Waals surface area (Å²) in [5, 5.41) is 2.93. The molecule has 30 heavy (non-hydrogen) atoms. The molecular weight excluding hydrogens is 395 g/mol. The van der Waals surface area contributed by atoms with Crippen molar-refractivity contribution in [3.05, 3.63) is 65.2 Å². The molecule has 1 N–H and O–H groups in total. The number of benzene rings is 2. The minimum Gasteiger partial charge on any atom is -0.379 e. The van der Waals surface area contributed by atoms with Gasteiger partial charge in [-0.2, -0.15) is 13.2 Å². The van der Waals surface area contributed by atoms with Crippen molar-refractivity contribution in [3.8, 4) is 0 Å². The highest BCUT2D eigenvalue weighted by atomic mass is 19.4. The summed E-state index contributed by atoms with van der Waals surface area (Å²) in [5.74, 6) is -0.217. The van der Waals surface area contributed by atoms with Crippen LogP contribution in [0.25, 0.3) is 0 Å². The number of alkyl halides is 3. The summed E-state index contributed by atoms with van der Waals surface area (Å²) >= 11 is 0. The van der Waals surface area contributed by atoms with Crippen LogP contribution in [0.1, 0.15) is 27.5 Å². The fourth-order valence-corrected chi connectivity index (χ4v) is 3.44. The Balaban J connectivity index is 1.73. The molecule has 2 aromatic carbocycles. The van der Waals surface area contributed by atoms with Gasteiger partial charge in [0.2, 0.25) is 0 Å². The summed E-state index contributed by atoms with van der Waals surface area (Å²) in [6.07, 6.45) is -4.38. The maximum atomic E-state index is 12.9. The van der Waals surface area contributed by atoms with Gasteiger partial charge in [0.15, 0.2) is 0 Å². The molecule has 1 amide bonds. The predicted molar refractivity (Wildman–Crippen MR) is 110 cm³/mol. The number of carbonyl (C=O) groups is 1. The van der Waals surface area contributed by atoms with Gasteiger partial charge in [-0.3, -0.25) is 9.69 Å². The molecule has 1 aliphatic rings. The van der Waals surface area contributed by atoms with Gasteiger partial charge < -0.3 is 15.0 Å². The molecule has 0 spiro atoms. The number of rotatable bonds is 6. The third-order valence-electron chi connectivity index (χ3n) is 5.21. The molecule has 5 nitrogen and oxygen atoms in total. The Morgan fingerprint density at radius 3 is 2.20 bits per heavy atom. The maximum Gasteiger partial charge on any atom is 0.416 e. The number of nitrogens with one attached hydrogen (secondary N) is 1. The topological polar surface area (TPSA) is 44.8 Å². The van der Waals surface area contributed by atoms with Crippen molar-refractivity contribution in [1.29, 1.82) is 0 Å². The average molecular weight is 421 g/mol. The highest BCUT2D eigenvalue weighted by Crippen LogP contribution is 2.31. The van der Waals surface area contributed by atoms with E-state index in [1.807, 2.05) is 31.1 Å². The highest BCUT2D eigenvalue weighted by Gasteiger charge is 2.31. The molecule has 2 aromatic rings. The first-order valence-corrected chi connectivity index (χ1v) is 9.80. The number of amides is 1. The van der Waals surface area contributed by atoms with Crippen LogP contribution in [0.2, 0.25) is 0 Å². The Bertz CT molecular complexity index is 830. The third-order valence-corrected chi connectivity index (χ3v) is 5.21. The summed E-state index contributed by atoms with van der Waals surface area (Å²) in [7, 11) is 3.85. The second-order valence-electron chi connectivity index (χ2n) is 7.44. The number of anilines is 1. The van der Waals surface area contributed by atoms with E-state index in [-0.39, 0.29) is 11.9 Å². The molecule has 0 saturated carbocycles. The Labute approximate surface area is 174 Å². The van der Waals surface area contributed by atoms with Crippen molar-refractivity contribution in [1.82, 2.24) is 10.2 Å². The van der Waals surface area contributed by atoms with Crippen LogP contribution < -0.4 is 10.2 Å². The van der Waals surface area contributed by atoms with Crippen molar-refractivity contribution in [2.45, 2.75) is 12.2 Å². The largest absolute Gasteiger partial charge is 0.416 e. The van der Waals surface area contributed by atoms with Crippen LogP contribution in [0.15, 0.2) is 48.5 Å². The Morgan fingerprint density at radius 1 is 1.07 bits per heavy atom. The average Bonchev–Trinajstić information content (AvgIpc) is 2.74. The zero-order chi connectivity index (χ0) is 21.7. The standard InChI is InChI=1S/C22H26F3N3O2/c1-27(2)19-9-5-17(6-10-19)21(29)26-15-20(28-11-13-30-14-12-28)16-3-7-18(8-4-16)22(23,24)25/h3-10,20H,11-15H2,1-2H3,(H,26,29). The number of hydrogen-bond donors (Lipinski definition) is 1. The summed E-state index contributed by atoms with van der Waals surface area (Å²) in [5.41, 5.74) is 1.57. The van der Waals surface area contributed by atoms with E-state index in [1.165, 1.54) is 12.1 Å². The zero-order valence-electron chi connectivity index (χ0n) is 17.1. The molecule has 0 radical (unpaired) electrons. The number of nitrogens with zero attached hydrogens (tertiary/aromatic N) is 2. The number of morpholine rings is 1. The summed E-state index contributed by atoms with van der Waals surface area (Å²) in [6.45, 7) is 2.70. The van der Waals surface area contributed by atoms with Gasteiger partial charge >= 0.3 is 6.18 Å². The Kier molecular flexibility index (Phi) is 6.99. The molecule has 1 fully saturated rings. The van der Waals surface area contributed by atoms with E-state index in [2.05, 4.69) is 10.2 Å². The fraction of sp³-hybridized carbons (Fsp3) is 0.409. The monoisotopic (exact) mass is 421 g/mol. The molecule has 1 aliphatic heterocycles. The van der Waals surface area contributed by atoms with E-state index in [1.54, 1.807) is 12.1 Å². The van der Waals surface area contributed by atoms with Crippen molar-refractivity contribution in [3.63, 3.8) is 0 Å². The van der Waals surface area contributed by atoms with E-state index >= 15 is 0 Å². The van der Waals surface area contributed by atoms with E-state index in [9.17, 15) is 18.0 Å². The van der Waals surface area contributed by atoms with Crippen LogP contribution in [-0.2, 0) is 10.9 Å². The molecule has 1 unspecified atom stereocenters. The maximum absolute atomic E-state index is 12.9. The summed E-state index contributed by atoms with van der Waals surface area (Å²) in [6, 6.07) is 12.2. The van der Waals surface area contributed by atoms with Gasteiger partial charge in [-0.25, -0.2) is 0 Å². The molecule has 1 heterocycles. The summed E-state index contributed by atoms with van der Waals surface area (Å²) < 4.78 is 44.1. The van der Waals surface area contributed by atoms with E-state index in [4.69, 9.17) is 4.74 Å². The third kappa shape index (κ3) is 5.52. The number of ether oxygens (including phenoxy) is 1. The first-order valence-electron chi connectivity index (χ1n) is 9.80. The summed E-state index contributed by atoms with van der Waals surface area (Å²) in [4.78, 5) is 16.7. The van der Waals surface area contributed by atoms with Gasteiger partial charge in [0.1, 0.15) is 0 Å². The molecule has 162 valence electrons. The van der Waals surface area contributed by atoms with Crippen LogP contribution in [0.4, 0.5) is 18.9 Å². The minimum absolute atomic E-state index is 0.217. The first kappa shape index (κ1) is 22.1. The van der Waals surface area contributed by atoms with Gasteiger partial charge in [0.25, 0.3) is 5.91 Å². The van der Waals surface area contributed by atoms with Crippen molar-refractivity contribution < 1.29 is 22.7 Å². The van der Waals surface area contributed by atoms with Crippen LogP contribution in [0, 0.1) is 0 Å². The van der Waals surface area contributed by atoms with Crippen LogP contribution in [-0.4, -0.2) is 57.8 Å². The molecule has 0 bridgehead atoms. The van der Waals surface area contributed by atoms with Gasteiger partial charge in [0, 0.05) is 45.0 Å². The number of carbonyl (C=O) groups excluding carboxylic acids is 1. The Hall–Kier alpha value is -2.58. The normalized spacial score (nSPS) is 16.2. The van der Waals surface area contributed by atoms with Crippen LogP contribution >= 0.6 is 0 Å². The fourth-order valence-electron chi connectivity index (χ4n) is 3.44. The molecule has 0 aliphatic carbocycles. The molecule has 0 aromatic heterocycles. The second kappa shape index (κ2) is 9.49. The van der Waals surface area contributed by atoms with E-state index in [0.29, 0.717) is 38.4 Å². The van der Waals surface area contributed by atoms with Crippen molar-refractivity contribution in [2.75, 3.05) is 51.8 Å². The molecule has 8 heteroatoms. The lowest BCUT2D eigenvalue weighted by molar-refractivity contribution is -0.137. The van der Waals surface area contributed by atoms with Gasteiger partial charge in [0.05, 0.1) is 24.8 Å². The predicted octanol–water partition coefficient (Wildman–Crippen LogP) is 3.57. The van der Waals surface area contributed by atoms with Gasteiger partial charge in [-0.15, -0.1) is 0 Å².